The number of aromatic hydroxyl groups is 1. The predicted molar refractivity (Wildman–Crippen MR) is 117 cm³/mol. The van der Waals surface area contributed by atoms with E-state index in [9.17, 15) is 9.90 Å². The number of phenolic OH excluding ortho intramolecular Hbond substituents is 1. The van der Waals surface area contributed by atoms with E-state index >= 15 is 0 Å². The molecule has 4 rings (SSSR count). The van der Waals surface area contributed by atoms with E-state index in [-0.39, 0.29) is 17.7 Å². The number of nitrogens with one attached hydrogen (secondary N) is 1. The van der Waals surface area contributed by atoms with Crippen LogP contribution in [0.4, 0.5) is 0 Å². The minimum atomic E-state index is 0.0669. The van der Waals surface area contributed by atoms with Gasteiger partial charge in [0.15, 0.2) is 0 Å². The summed E-state index contributed by atoms with van der Waals surface area (Å²) in [6, 6.07) is 13.1. The summed E-state index contributed by atoms with van der Waals surface area (Å²) in [7, 11) is 0. The second-order valence-corrected chi connectivity index (χ2v) is 8.79. The van der Waals surface area contributed by atoms with Crippen molar-refractivity contribution >= 4 is 28.4 Å². The summed E-state index contributed by atoms with van der Waals surface area (Å²) < 4.78 is 0. The molecule has 1 atom stereocenters. The van der Waals surface area contributed by atoms with Crippen LogP contribution in [0.5, 0.6) is 5.75 Å². The largest absolute Gasteiger partial charge is 0.508 e. The Hall–Kier alpha value is -2.46. The Balaban J connectivity index is 1.59. The third kappa shape index (κ3) is 4.13. The number of halogens is 1. The smallest absolute Gasteiger partial charge is 0.223 e. The Labute approximate surface area is 176 Å². The molecule has 4 nitrogen and oxygen atoms in total. The molecule has 2 heterocycles. The van der Waals surface area contributed by atoms with Crippen molar-refractivity contribution in [2.24, 2.45) is 5.92 Å². The van der Waals surface area contributed by atoms with E-state index in [1.54, 1.807) is 12.1 Å². The Morgan fingerprint density at radius 1 is 1.24 bits per heavy atom. The molecular weight excluding hydrogens is 384 g/mol. The molecule has 1 aliphatic rings. The number of carbonyl (C=O) groups excluding carboxylic acids is 1. The molecule has 5 heteroatoms. The number of nitrogens with zero attached hydrogens (tertiary/aromatic N) is 1. The zero-order chi connectivity index (χ0) is 20.5. The second kappa shape index (κ2) is 8.11. The van der Waals surface area contributed by atoms with E-state index in [4.69, 9.17) is 11.6 Å². The molecule has 0 spiro atoms. The standard InChI is InChI=1S/C24H27ClN2O2/c1-15(2)13-22-24-19(20-14-17(25)6-9-21(20)26-24)11-12-27(22)23(29)10-5-16-3-7-18(28)8-4-16/h3-4,6-9,14-15,22,26,28H,5,10-13H2,1-2H3. The number of hydrogen-bond acceptors (Lipinski definition) is 2. The van der Waals surface area contributed by atoms with Crippen LogP contribution in [-0.4, -0.2) is 27.4 Å². The molecule has 3 aromatic rings. The maximum Gasteiger partial charge on any atom is 0.223 e. The summed E-state index contributed by atoms with van der Waals surface area (Å²) >= 11 is 6.23. The lowest BCUT2D eigenvalue weighted by Gasteiger charge is -2.37. The third-order valence-electron chi connectivity index (χ3n) is 5.79. The number of aryl methyl sites for hydroxylation is 1. The van der Waals surface area contributed by atoms with Crippen LogP contribution in [0.1, 0.15) is 49.6 Å². The fourth-order valence-electron chi connectivity index (χ4n) is 4.39. The minimum absolute atomic E-state index is 0.0669. The molecule has 0 saturated heterocycles. The van der Waals surface area contributed by atoms with Crippen molar-refractivity contribution in [2.75, 3.05) is 6.54 Å². The van der Waals surface area contributed by atoms with Crippen molar-refractivity contribution in [3.63, 3.8) is 0 Å². The van der Waals surface area contributed by atoms with E-state index in [1.807, 2.05) is 30.3 Å². The normalized spacial score (nSPS) is 16.4. The first kappa shape index (κ1) is 19.8. The van der Waals surface area contributed by atoms with Gasteiger partial charge < -0.3 is 15.0 Å². The molecule has 1 amide bonds. The highest BCUT2D eigenvalue weighted by atomic mass is 35.5. The number of aromatic amines is 1. The molecule has 0 saturated carbocycles. The van der Waals surface area contributed by atoms with Gasteiger partial charge in [-0.1, -0.05) is 37.6 Å². The zero-order valence-electron chi connectivity index (χ0n) is 16.9. The number of hydrogen-bond donors (Lipinski definition) is 2. The summed E-state index contributed by atoms with van der Waals surface area (Å²) in [5.74, 6) is 0.916. The van der Waals surface area contributed by atoms with E-state index in [0.29, 0.717) is 18.8 Å². The van der Waals surface area contributed by atoms with Gasteiger partial charge in [0.05, 0.1) is 6.04 Å². The summed E-state index contributed by atoms with van der Waals surface area (Å²) in [6.45, 7) is 5.14. The topological polar surface area (TPSA) is 56.3 Å². The number of benzene rings is 2. The molecule has 0 fully saturated rings. The maximum absolute atomic E-state index is 13.2. The Kier molecular flexibility index (Phi) is 5.55. The highest BCUT2D eigenvalue weighted by Gasteiger charge is 2.33. The molecule has 2 aromatic carbocycles. The van der Waals surface area contributed by atoms with Crippen molar-refractivity contribution in [2.45, 2.75) is 45.6 Å². The number of H-pyrrole nitrogens is 1. The highest BCUT2D eigenvalue weighted by Crippen LogP contribution is 2.38. The zero-order valence-corrected chi connectivity index (χ0v) is 17.7. The average Bonchev–Trinajstić information content (AvgIpc) is 3.05. The molecule has 0 radical (unpaired) electrons. The number of phenols is 1. The lowest BCUT2D eigenvalue weighted by Crippen LogP contribution is -2.40. The van der Waals surface area contributed by atoms with Gasteiger partial charge in [0, 0.05) is 34.6 Å². The molecule has 152 valence electrons. The lowest BCUT2D eigenvalue weighted by molar-refractivity contribution is -0.134. The summed E-state index contributed by atoms with van der Waals surface area (Å²) in [4.78, 5) is 18.8. The van der Waals surface area contributed by atoms with E-state index in [1.165, 1.54) is 16.6 Å². The van der Waals surface area contributed by atoms with Crippen LogP contribution < -0.4 is 0 Å². The highest BCUT2D eigenvalue weighted by molar-refractivity contribution is 6.31. The molecular formula is C24H27ClN2O2. The van der Waals surface area contributed by atoms with E-state index in [0.717, 1.165) is 35.5 Å². The predicted octanol–water partition coefficient (Wildman–Crippen LogP) is 5.63. The molecule has 1 unspecified atom stereocenters. The van der Waals surface area contributed by atoms with Gasteiger partial charge in [-0.15, -0.1) is 0 Å². The third-order valence-corrected chi connectivity index (χ3v) is 6.03. The first-order valence-corrected chi connectivity index (χ1v) is 10.7. The lowest BCUT2D eigenvalue weighted by atomic mass is 9.91. The van der Waals surface area contributed by atoms with Crippen molar-refractivity contribution in [1.29, 1.82) is 0 Å². The van der Waals surface area contributed by atoms with Gasteiger partial charge in [-0.2, -0.15) is 0 Å². The number of carbonyl (C=O) groups is 1. The van der Waals surface area contributed by atoms with Crippen LogP contribution in [0, 0.1) is 5.92 Å². The van der Waals surface area contributed by atoms with Gasteiger partial charge in [0.1, 0.15) is 5.75 Å². The van der Waals surface area contributed by atoms with Crippen LogP contribution in [0.3, 0.4) is 0 Å². The van der Waals surface area contributed by atoms with Crippen LogP contribution in [0.25, 0.3) is 10.9 Å². The van der Waals surface area contributed by atoms with Crippen LogP contribution in [-0.2, 0) is 17.6 Å². The average molecular weight is 411 g/mol. The molecule has 1 aromatic heterocycles. The minimum Gasteiger partial charge on any atom is -0.508 e. The molecule has 2 N–H and O–H groups in total. The van der Waals surface area contributed by atoms with Crippen LogP contribution >= 0.6 is 11.6 Å². The number of fused-ring (bicyclic) bond motifs is 3. The number of amides is 1. The summed E-state index contributed by atoms with van der Waals surface area (Å²) in [6.07, 6.45) is 2.92. The SMILES string of the molecule is CC(C)CC1c2[nH]c3ccc(Cl)cc3c2CCN1C(=O)CCc1ccc(O)cc1. The Morgan fingerprint density at radius 3 is 2.72 bits per heavy atom. The van der Waals surface area contributed by atoms with E-state index in [2.05, 4.69) is 23.7 Å². The fraction of sp³-hybridized carbons (Fsp3) is 0.375. The number of aromatic nitrogens is 1. The Morgan fingerprint density at radius 2 is 2.00 bits per heavy atom. The fourth-order valence-corrected chi connectivity index (χ4v) is 4.56. The molecule has 0 aliphatic carbocycles. The first-order valence-electron chi connectivity index (χ1n) is 10.3. The Bertz CT molecular complexity index is 1020. The van der Waals surface area contributed by atoms with Gasteiger partial charge in [0.25, 0.3) is 0 Å². The monoisotopic (exact) mass is 410 g/mol. The van der Waals surface area contributed by atoms with Gasteiger partial charge in [-0.3, -0.25) is 4.79 Å². The van der Waals surface area contributed by atoms with Gasteiger partial charge in [-0.05, 0) is 66.6 Å². The van der Waals surface area contributed by atoms with Crippen molar-refractivity contribution in [1.82, 2.24) is 9.88 Å². The first-order chi connectivity index (χ1) is 13.9. The van der Waals surface area contributed by atoms with Gasteiger partial charge >= 0.3 is 0 Å². The quantitative estimate of drug-likeness (QED) is 0.572. The van der Waals surface area contributed by atoms with Gasteiger partial charge in [0.2, 0.25) is 5.91 Å². The van der Waals surface area contributed by atoms with Crippen molar-refractivity contribution < 1.29 is 9.90 Å². The van der Waals surface area contributed by atoms with Gasteiger partial charge in [-0.25, -0.2) is 0 Å². The molecule has 0 bridgehead atoms. The van der Waals surface area contributed by atoms with Crippen molar-refractivity contribution in [3.8, 4) is 5.75 Å². The summed E-state index contributed by atoms with van der Waals surface area (Å²) in [5.41, 5.74) is 4.62. The molecule has 29 heavy (non-hydrogen) atoms. The summed E-state index contributed by atoms with van der Waals surface area (Å²) in [5, 5.41) is 11.4. The number of rotatable bonds is 5. The van der Waals surface area contributed by atoms with Crippen LogP contribution in [0.2, 0.25) is 5.02 Å². The van der Waals surface area contributed by atoms with Crippen molar-refractivity contribution in [3.05, 3.63) is 64.3 Å². The maximum atomic E-state index is 13.2. The molecule has 1 aliphatic heterocycles. The van der Waals surface area contributed by atoms with E-state index < -0.39 is 0 Å². The van der Waals surface area contributed by atoms with Crippen LogP contribution in [0.15, 0.2) is 42.5 Å². The second-order valence-electron chi connectivity index (χ2n) is 8.36.